The van der Waals surface area contributed by atoms with Gasteiger partial charge in [0.1, 0.15) is 10.8 Å². The van der Waals surface area contributed by atoms with Crippen LogP contribution in [0.4, 0.5) is 0 Å². The first-order valence-electron chi connectivity index (χ1n) is 32.5. The second-order valence-electron chi connectivity index (χ2n) is 25.0. The van der Waals surface area contributed by atoms with E-state index in [1.165, 1.54) is 0 Å². The van der Waals surface area contributed by atoms with Crippen LogP contribution in [-0.2, 0) is 41.4 Å². The van der Waals surface area contributed by atoms with Crippen molar-refractivity contribution in [3.63, 3.8) is 0 Å². The number of ether oxygens (including phenoxy) is 8. The molecule has 13 rings (SSSR count). The van der Waals surface area contributed by atoms with E-state index < -0.39 is 22.4 Å². The van der Waals surface area contributed by atoms with Gasteiger partial charge >= 0.3 is 0 Å². The first-order chi connectivity index (χ1) is 47.6. The Kier molecular flexibility index (Phi) is 18.0. The van der Waals surface area contributed by atoms with Crippen LogP contribution in [0.3, 0.4) is 0 Å². The summed E-state index contributed by atoms with van der Waals surface area (Å²) in [5.74, 6) is 34.0. The number of aryl methyl sites for hydroxylation is 6. The molecule has 3 aliphatic rings. The highest BCUT2D eigenvalue weighted by molar-refractivity contribution is 5.82. The maximum Gasteiger partial charge on any atom is 0.256 e. The molecule has 8 nitrogen and oxygen atoms in total. The van der Waals surface area contributed by atoms with E-state index in [4.69, 9.17) is 50.7 Å². The van der Waals surface area contributed by atoms with Crippen molar-refractivity contribution in [3.05, 3.63) is 317 Å². The van der Waals surface area contributed by atoms with E-state index in [1.807, 2.05) is 12.1 Å². The largest absolute Gasteiger partial charge is 0.493 e. The van der Waals surface area contributed by atoms with Crippen molar-refractivity contribution < 1.29 is 37.9 Å². The van der Waals surface area contributed by atoms with Crippen molar-refractivity contribution in [1.29, 1.82) is 0 Å². The summed E-state index contributed by atoms with van der Waals surface area (Å²) in [6.45, 7) is 13.3. The van der Waals surface area contributed by atoms with E-state index in [-0.39, 0.29) is 26.4 Å². The van der Waals surface area contributed by atoms with Gasteiger partial charge < -0.3 is 37.9 Å². The normalized spacial score (nSPS) is 15.7. The average Bonchev–Trinajstić information content (AvgIpc) is 0.680. The molecule has 1 aliphatic carbocycles. The summed E-state index contributed by atoms with van der Waals surface area (Å²) < 4.78 is 51.8. The molecule has 2 fully saturated rings. The molecule has 0 spiro atoms. The van der Waals surface area contributed by atoms with E-state index in [1.54, 1.807) is 52.7 Å². The summed E-state index contributed by atoms with van der Waals surface area (Å²) in [5.41, 5.74) is 17.7. The number of terminal acetylenes is 2. The lowest BCUT2D eigenvalue weighted by molar-refractivity contribution is -0.483. The van der Waals surface area contributed by atoms with Crippen LogP contribution < -0.4 is 18.9 Å². The molecule has 0 N–H and O–H groups in total. The topological polar surface area (TPSA) is 73.8 Å². The maximum atomic E-state index is 7.19. The van der Waals surface area contributed by atoms with Crippen LogP contribution >= 0.6 is 0 Å². The monoisotopic (exact) mass is 1280 g/mol. The second kappa shape index (κ2) is 27.0. The highest BCUT2D eigenvalue weighted by Gasteiger charge is 2.67. The van der Waals surface area contributed by atoms with Gasteiger partial charge in [-0.2, -0.15) is 0 Å². The third-order valence-corrected chi connectivity index (χ3v) is 18.8. The summed E-state index contributed by atoms with van der Waals surface area (Å²) in [5, 5.41) is 0. The Hall–Kier alpha value is -11.4. The number of fused-ring (bicyclic) bond motifs is 3. The zero-order chi connectivity index (χ0) is 68.3. The van der Waals surface area contributed by atoms with Gasteiger partial charge in [0.05, 0.1) is 54.9 Å². The molecule has 2 saturated heterocycles. The highest BCUT2D eigenvalue weighted by atomic mass is 16.8. The van der Waals surface area contributed by atoms with Crippen LogP contribution in [0.2, 0.25) is 0 Å². The van der Waals surface area contributed by atoms with E-state index >= 15 is 0 Å². The molecular formula is C90H72O8. The molecule has 98 heavy (non-hydrogen) atoms. The molecule has 2 heterocycles. The number of hydrogen-bond donors (Lipinski definition) is 0. The summed E-state index contributed by atoms with van der Waals surface area (Å²) in [4.78, 5) is 0. The summed E-state index contributed by atoms with van der Waals surface area (Å²) >= 11 is 0. The standard InChI is InChI=1S/C90H72O8/c1-13-65-55-83(91-9)85(93-11)57-69(65)29-27-67-51-79-80-52-68(28-30-70-58-86(94-12)84(92-10)56-66(70)14-2)72(44-46-88(76-37-21-62(6)22-38-76,77-39-23-63(7)24-40-77)78-41-25-64(8)26-42-78)54-82(80)90-89(95-47-49-97-90,96-48-50-98-90)81(79)53-71(67)43-45-87(73-31-15-59(3)16-32-73,74-33-17-60(4)18-34-74)75-35-19-61(5)20-36-75/h1-2,15-26,31-42,51-58H,47-50H2,3-12H3. The SMILES string of the molecule is C#Cc1cc(OC)c(OC)cc1C#Cc1cc2c(cc1C#CC(c1ccc(C)cc1)(c1ccc(C)cc1)c1ccc(C)cc1)C13OCCOC1(OCCO3)c1cc(C#CC(c3ccc(C)cc3)(c3ccc(C)cc3)c3ccc(C)cc3)c(C#Cc3cc(OC)c(OC)cc3C#C)cc1-2. The van der Waals surface area contributed by atoms with Crippen LogP contribution in [0.1, 0.15) is 122 Å². The van der Waals surface area contributed by atoms with Crippen LogP contribution in [0.15, 0.2) is 194 Å². The van der Waals surface area contributed by atoms with Crippen LogP contribution in [0.5, 0.6) is 23.0 Å². The smallest absolute Gasteiger partial charge is 0.256 e. The Morgan fingerprint density at radius 2 is 0.510 bits per heavy atom. The fraction of sp³-hybridized carbons (Fsp3) is 0.200. The molecule has 0 saturated carbocycles. The van der Waals surface area contributed by atoms with Crippen molar-refractivity contribution in [2.24, 2.45) is 0 Å². The van der Waals surface area contributed by atoms with Crippen molar-refractivity contribution in [1.82, 2.24) is 0 Å². The predicted octanol–water partition coefficient (Wildman–Crippen LogP) is 16.2. The minimum Gasteiger partial charge on any atom is -0.493 e. The predicted molar refractivity (Wildman–Crippen MR) is 387 cm³/mol. The third-order valence-electron chi connectivity index (χ3n) is 18.8. The molecule has 0 unspecified atom stereocenters. The van der Waals surface area contributed by atoms with Crippen LogP contribution in [0.25, 0.3) is 11.1 Å². The van der Waals surface area contributed by atoms with Gasteiger partial charge in [0.25, 0.3) is 11.6 Å². The zero-order valence-electron chi connectivity index (χ0n) is 56.7. The Morgan fingerprint density at radius 3 is 0.735 bits per heavy atom. The van der Waals surface area contributed by atoms with Gasteiger partial charge in [0.15, 0.2) is 23.0 Å². The van der Waals surface area contributed by atoms with Crippen molar-refractivity contribution in [2.75, 3.05) is 54.9 Å². The summed E-state index contributed by atoms with van der Waals surface area (Å²) in [6, 6.07) is 67.0. The van der Waals surface area contributed by atoms with Gasteiger partial charge in [0.2, 0.25) is 0 Å². The van der Waals surface area contributed by atoms with Crippen LogP contribution in [-0.4, -0.2) is 54.9 Å². The van der Waals surface area contributed by atoms with Gasteiger partial charge in [-0.05, 0) is 110 Å². The van der Waals surface area contributed by atoms with Gasteiger partial charge in [-0.3, -0.25) is 0 Å². The van der Waals surface area contributed by atoms with E-state index in [0.29, 0.717) is 89.8 Å². The second-order valence-corrected chi connectivity index (χ2v) is 25.0. The molecule has 0 bridgehead atoms. The number of benzene rings is 10. The molecule has 0 amide bonds. The minimum atomic E-state index is -1.69. The molecule has 0 radical (unpaired) electrons. The molecule has 480 valence electrons. The molecular weight excluding hydrogens is 1210 g/mol. The Bertz CT molecular complexity index is 4550. The summed E-state index contributed by atoms with van der Waals surface area (Å²) in [7, 11) is 6.32. The van der Waals surface area contributed by atoms with Crippen molar-refractivity contribution in [3.8, 4) is 106 Å². The fourth-order valence-corrected chi connectivity index (χ4v) is 13.5. The lowest BCUT2D eigenvalue weighted by Crippen LogP contribution is -2.64. The quantitative estimate of drug-likeness (QED) is 0.0991. The maximum absolute atomic E-state index is 7.19. The van der Waals surface area contributed by atoms with Crippen molar-refractivity contribution in [2.45, 2.75) is 63.9 Å². The van der Waals surface area contributed by atoms with Gasteiger partial charge in [-0.1, -0.05) is 238 Å². The first kappa shape index (κ1) is 65.3. The molecule has 8 heteroatoms. The van der Waals surface area contributed by atoms with Crippen molar-refractivity contribution >= 4 is 0 Å². The van der Waals surface area contributed by atoms with E-state index in [2.05, 4.69) is 258 Å². The zero-order valence-corrected chi connectivity index (χ0v) is 56.7. The minimum absolute atomic E-state index is 0.180. The molecule has 2 aliphatic heterocycles. The molecule has 10 aromatic carbocycles. The number of methoxy groups -OCH3 is 4. The average molecular weight is 1280 g/mol. The van der Waals surface area contributed by atoms with Gasteiger partial charge in [-0.15, -0.1) is 12.8 Å². The Balaban J connectivity index is 1.15. The summed E-state index contributed by atoms with van der Waals surface area (Å²) in [6.07, 6.45) is 12.5. The Labute approximate surface area is 576 Å². The molecule has 0 atom stereocenters. The lowest BCUT2D eigenvalue weighted by Gasteiger charge is -2.56. The van der Waals surface area contributed by atoms with E-state index in [9.17, 15) is 0 Å². The van der Waals surface area contributed by atoms with Crippen LogP contribution in [0, 0.1) is 114 Å². The molecule has 0 aromatic heterocycles. The number of hydrogen-bond acceptors (Lipinski definition) is 8. The lowest BCUT2D eigenvalue weighted by atomic mass is 9.69. The third kappa shape index (κ3) is 11.6. The van der Waals surface area contributed by atoms with Gasteiger partial charge in [-0.25, -0.2) is 0 Å². The van der Waals surface area contributed by atoms with Gasteiger partial charge in [0, 0.05) is 79.9 Å². The Morgan fingerprint density at radius 1 is 0.296 bits per heavy atom. The molecule has 10 aromatic rings. The number of rotatable bonds is 10. The highest BCUT2D eigenvalue weighted by Crippen LogP contribution is 2.60. The first-order valence-corrected chi connectivity index (χ1v) is 32.5. The van der Waals surface area contributed by atoms with E-state index in [0.717, 1.165) is 66.8 Å². The fourth-order valence-electron chi connectivity index (χ4n) is 13.5.